The highest BCUT2D eigenvalue weighted by Crippen LogP contribution is 2.29. The van der Waals surface area contributed by atoms with E-state index in [2.05, 4.69) is 10.2 Å². The van der Waals surface area contributed by atoms with E-state index < -0.39 is 11.7 Å². The fourth-order valence-corrected chi connectivity index (χ4v) is 3.43. The van der Waals surface area contributed by atoms with Gasteiger partial charge < -0.3 is 5.32 Å². The van der Waals surface area contributed by atoms with E-state index in [1.807, 2.05) is 24.3 Å². The number of nitrogens with zero attached hydrogens (tertiary/aromatic N) is 1. The van der Waals surface area contributed by atoms with Gasteiger partial charge in [0.15, 0.2) is 0 Å². The summed E-state index contributed by atoms with van der Waals surface area (Å²) in [5.74, 6) is -0.908. The molecule has 0 saturated carbocycles. The van der Waals surface area contributed by atoms with Crippen LogP contribution in [0.3, 0.4) is 0 Å². The number of carbonyl (C=O) groups is 1. The molecule has 1 unspecified atom stereocenters. The summed E-state index contributed by atoms with van der Waals surface area (Å²) in [6.45, 7) is 2.35. The highest BCUT2D eigenvalue weighted by Gasteiger charge is 2.25. The Hall–Kier alpha value is -1.91. The van der Waals surface area contributed by atoms with Crippen LogP contribution >= 0.6 is 11.6 Å². The van der Waals surface area contributed by atoms with Gasteiger partial charge in [-0.25, -0.2) is 4.39 Å². The number of halogens is 2. The van der Waals surface area contributed by atoms with Crippen LogP contribution in [0, 0.1) is 5.82 Å². The van der Waals surface area contributed by atoms with E-state index in [1.54, 1.807) is 12.1 Å². The summed E-state index contributed by atoms with van der Waals surface area (Å²) in [6, 6.07) is 13.7. The number of carbonyl (C=O) groups excluding carboxylic acids is 1. The molecule has 3 nitrogen and oxygen atoms in total. The Morgan fingerprint density at radius 2 is 1.79 bits per heavy atom. The molecule has 0 radical (unpaired) electrons. The fourth-order valence-electron chi connectivity index (χ4n) is 3.16. The molecule has 1 fully saturated rings. The van der Waals surface area contributed by atoms with Crippen LogP contribution in [0.5, 0.6) is 0 Å². The third-order valence-corrected chi connectivity index (χ3v) is 4.76. The molecule has 24 heavy (non-hydrogen) atoms. The summed E-state index contributed by atoms with van der Waals surface area (Å²) >= 11 is 6.36. The molecule has 0 bridgehead atoms. The SMILES string of the molecule is O=C(NCC(c1ccccc1Cl)N1CCCC1)c1ccccc1F. The van der Waals surface area contributed by atoms with Gasteiger partial charge in [0.2, 0.25) is 0 Å². The molecule has 1 amide bonds. The Bertz CT molecular complexity index is 716. The van der Waals surface area contributed by atoms with E-state index in [9.17, 15) is 9.18 Å². The maximum absolute atomic E-state index is 13.8. The first-order chi connectivity index (χ1) is 11.7. The van der Waals surface area contributed by atoms with Crippen molar-refractivity contribution in [3.8, 4) is 0 Å². The molecule has 1 heterocycles. The van der Waals surface area contributed by atoms with E-state index >= 15 is 0 Å². The van der Waals surface area contributed by atoms with Crippen LogP contribution in [0.1, 0.15) is 34.8 Å². The van der Waals surface area contributed by atoms with Crippen LogP contribution in [-0.2, 0) is 0 Å². The van der Waals surface area contributed by atoms with E-state index in [-0.39, 0.29) is 11.6 Å². The molecule has 3 rings (SSSR count). The smallest absolute Gasteiger partial charge is 0.254 e. The molecule has 126 valence electrons. The second-order valence-electron chi connectivity index (χ2n) is 5.97. The highest BCUT2D eigenvalue weighted by molar-refractivity contribution is 6.31. The topological polar surface area (TPSA) is 32.3 Å². The number of amides is 1. The lowest BCUT2D eigenvalue weighted by Gasteiger charge is -2.29. The maximum Gasteiger partial charge on any atom is 0.254 e. The van der Waals surface area contributed by atoms with Gasteiger partial charge in [0.25, 0.3) is 5.91 Å². The molecule has 0 spiro atoms. The number of hydrogen-bond acceptors (Lipinski definition) is 2. The van der Waals surface area contributed by atoms with Gasteiger partial charge in [-0.3, -0.25) is 9.69 Å². The number of benzene rings is 2. The van der Waals surface area contributed by atoms with Crippen molar-refractivity contribution in [2.75, 3.05) is 19.6 Å². The van der Waals surface area contributed by atoms with Crippen LogP contribution in [0.2, 0.25) is 5.02 Å². The largest absolute Gasteiger partial charge is 0.350 e. The van der Waals surface area contributed by atoms with Gasteiger partial charge in [0, 0.05) is 11.6 Å². The molecule has 2 aromatic carbocycles. The van der Waals surface area contributed by atoms with Crippen molar-refractivity contribution in [3.63, 3.8) is 0 Å². The zero-order valence-corrected chi connectivity index (χ0v) is 14.1. The third kappa shape index (κ3) is 3.77. The van der Waals surface area contributed by atoms with Gasteiger partial charge in [-0.2, -0.15) is 0 Å². The number of likely N-dealkylation sites (tertiary alicyclic amines) is 1. The molecule has 0 aromatic heterocycles. The zero-order valence-electron chi connectivity index (χ0n) is 13.3. The lowest BCUT2D eigenvalue weighted by atomic mass is 10.0. The van der Waals surface area contributed by atoms with Gasteiger partial charge >= 0.3 is 0 Å². The van der Waals surface area contributed by atoms with Crippen molar-refractivity contribution in [2.45, 2.75) is 18.9 Å². The highest BCUT2D eigenvalue weighted by atomic mass is 35.5. The molecular formula is C19H20ClFN2O. The molecule has 1 atom stereocenters. The lowest BCUT2D eigenvalue weighted by Crippen LogP contribution is -2.37. The van der Waals surface area contributed by atoms with Crippen LogP contribution < -0.4 is 5.32 Å². The van der Waals surface area contributed by atoms with Crippen LogP contribution in [-0.4, -0.2) is 30.4 Å². The van der Waals surface area contributed by atoms with E-state index in [1.165, 1.54) is 12.1 Å². The summed E-state index contributed by atoms with van der Waals surface area (Å²) in [5, 5.41) is 3.55. The second-order valence-corrected chi connectivity index (χ2v) is 6.38. The quantitative estimate of drug-likeness (QED) is 0.886. The van der Waals surface area contributed by atoms with Gasteiger partial charge in [0.1, 0.15) is 5.82 Å². The summed E-state index contributed by atoms with van der Waals surface area (Å²) in [7, 11) is 0. The van der Waals surface area contributed by atoms with E-state index in [0.717, 1.165) is 31.5 Å². The van der Waals surface area contributed by atoms with Gasteiger partial charge in [-0.1, -0.05) is 41.9 Å². The number of nitrogens with one attached hydrogen (secondary N) is 1. The van der Waals surface area contributed by atoms with Crippen LogP contribution in [0.25, 0.3) is 0 Å². The molecular weight excluding hydrogens is 327 g/mol. The number of hydrogen-bond donors (Lipinski definition) is 1. The summed E-state index contributed by atoms with van der Waals surface area (Å²) in [6.07, 6.45) is 2.28. The molecule has 1 aliphatic heterocycles. The Kier molecular flexibility index (Phi) is 5.48. The molecule has 2 aromatic rings. The minimum absolute atomic E-state index is 0.00285. The summed E-state index contributed by atoms with van der Waals surface area (Å²) < 4.78 is 13.8. The fraction of sp³-hybridized carbons (Fsp3) is 0.316. The third-order valence-electron chi connectivity index (χ3n) is 4.42. The normalized spacial score (nSPS) is 16.1. The molecule has 1 aliphatic rings. The first-order valence-electron chi connectivity index (χ1n) is 8.18. The predicted molar refractivity (Wildman–Crippen MR) is 93.7 cm³/mol. The van der Waals surface area contributed by atoms with Crippen molar-refractivity contribution in [2.24, 2.45) is 0 Å². The summed E-state index contributed by atoms with van der Waals surface area (Å²) in [5.41, 5.74) is 1.06. The van der Waals surface area contributed by atoms with Crippen molar-refractivity contribution < 1.29 is 9.18 Å². The Labute approximate surface area is 146 Å². The van der Waals surface area contributed by atoms with Crippen molar-refractivity contribution in [1.82, 2.24) is 10.2 Å². The molecule has 0 aliphatic carbocycles. The Morgan fingerprint density at radius 3 is 2.50 bits per heavy atom. The van der Waals surface area contributed by atoms with Crippen molar-refractivity contribution >= 4 is 17.5 Å². The lowest BCUT2D eigenvalue weighted by molar-refractivity contribution is 0.0934. The minimum Gasteiger partial charge on any atom is -0.350 e. The number of rotatable bonds is 5. The molecule has 1 N–H and O–H groups in total. The average molecular weight is 347 g/mol. The first kappa shape index (κ1) is 16.9. The average Bonchev–Trinajstić information content (AvgIpc) is 3.11. The second kappa shape index (κ2) is 7.77. The van der Waals surface area contributed by atoms with Gasteiger partial charge in [-0.15, -0.1) is 0 Å². The Morgan fingerprint density at radius 1 is 1.12 bits per heavy atom. The summed E-state index contributed by atoms with van der Waals surface area (Å²) in [4.78, 5) is 14.6. The standard InChI is InChI=1S/C19H20ClFN2O/c20-16-9-3-1-7-14(16)18(23-11-5-6-12-23)13-22-19(24)15-8-2-4-10-17(15)21/h1-4,7-10,18H,5-6,11-13H2,(H,22,24). The molecule has 1 saturated heterocycles. The van der Waals surface area contributed by atoms with Gasteiger partial charge in [0.05, 0.1) is 11.6 Å². The van der Waals surface area contributed by atoms with Crippen molar-refractivity contribution in [3.05, 3.63) is 70.5 Å². The monoisotopic (exact) mass is 346 g/mol. The van der Waals surface area contributed by atoms with Crippen molar-refractivity contribution in [1.29, 1.82) is 0 Å². The maximum atomic E-state index is 13.8. The predicted octanol–water partition coefficient (Wildman–Crippen LogP) is 4.05. The van der Waals surface area contributed by atoms with E-state index in [4.69, 9.17) is 11.6 Å². The molecule has 5 heteroatoms. The minimum atomic E-state index is -0.509. The van der Waals surface area contributed by atoms with Gasteiger partial charge in [-0.05, 0) is 49.7 Å². The Balaban J connectivity index is 1.76. The van der Waals surface area contributed by atoms with Crippen LogP contribution in [0.4, 0.5) is 4.39 Å². The van der Waals surface area contributed by atoms with E-state index in [0.29, 0.717) is 11.6 Å². The first-order valence-corrected chi connectivity index (χ1v) is 8.56. The van der Waals surface area contributed by atoms with Crippen LogP contribution in [0.15, 0.2) is 48.5 Å². The zero-order chi connectivity index (χ0) is 16.9.